The van der Waals surface area contributed by atoms with Crippen molar-refractivity contribution in [2.75, 3.05) is 7.05 Å². The molecule has 2 aromatic carbocycles. The second kappa shape index (κ2) is 8.52. The topological polar surface area (TPSA) is 56.1 Å². The van der Waals surface area contributed by atoms with Gasteiger partial charge in [0.05, 0.1) is 17.8 Å². The molecule has 0 aliphatic carbocycles. The van der Waals surface area contributed by atoms with Crippen molar-refractivity contribution in [2.24, 2.45) is 0 Å². The molecule has 6 nitrogen and oxygen atoms in total. The Morgan fingerprint density at radius 1 is 1.07 bits per heavy atom. The maximum atomic E-state index is 12.7. The van der Waals surface area contributed by atoms with Gasteiger partial charge < -0.3 is 4.74 Å². The minimum absolute atomic E-state index is 0.0560. The minimum atomic E-state index is -4.43. The highest BCUT2D eigenvalue weighted by Gasteiger charge is 2.30. The second-order valence-electron chi connectivity index (χ2n) is 6.25. The smallest absolute Gasteiger partial charge is 0.416 e. The van der Waals surface area contributed by atoms with E-state index in [9.17, 15) is 22.0 Å². The summed E-state index contributed by atoms with van der Waals surface area (Å²) in [5, 5.41) is 11.3. The summed E-state index contributed by atoms with van der Waals surface area (Å²) in [4.78, 5) is 1.83. The first-order valence-corrected chi connectivity index (χ1v) is 8.39. The predicted octanol–water partition coefficient (Wildman–Crippen LogP) is 3.91. The number of hydrogen-bond acceptors (Lipinski definition) is 5. The van der Waals surface area contributed by atoms with Crippen LogP contribution in [0.2, 0.25) is 0 Å². The summed E-state index contributed by atoms with van der Waals surface area (Å²) in [6.45, 7) is -2.25. The van der Waals surface area contributed by atoms with Crippen LogP contribution in [0.4, 0.5) is 22.0 Å². The maximum absolute atomic E-state index is 12.7. The number of benzene rings is 2. The van der Waals surface area contributed by atoms with E-state index in [-0.39, 0.29) is 12.3 Å². The zero-order chi connectivity index (χ0) is 21.0. The fourth-order valence-electron chi connectivity index (χ4n) is 2.73. The quantitative estimate of drug-likeness (QED) is 0.550. The molecule has 154 valence electrons. The van der Waals surface area contributed by atoms with E-state index in [2.05, 4.69) is 20.3 Å². The molecule has 0 fully saturated rings. The van der Waals surface area contributed by atoms with Crippen LogP contribution in [0.5, 0.6) is 5.75 Å². The first-order chi connectivity index (χ1) is 13.7. The number of tetrazole rings is 1. The Labute approximate surface area is 162 Å². The lowest BCUT2D eigenvalue weighted by molar-refractivity contribution is -0.137. The van der Waals surface area contributed by atoms with Gasteiger partial charge in [-0.15, -0.1) is 5.10 Å². The SMILES string of the molecule is CN(Cc1cccc(OC(F)F)c1)Cc1nnnn1-c1ccc(C(F)(F)F)cc1. The Morgan fingerprint density at radius 3 is 2.45 bits per heavy atom. The van der Waals surface area contributed by atoms with E-state index < -0.39 is 18.4 Å². The van der Waals surface area contributed by atoms with Crippen LogP contribution >= 0.6 is 0 Å². The Balaban J connectivity index is 1.70. The third-order valence-corrected chi connectivity index (χ3v) is 3.96. The van der Waals surface area contributed by atoms with Crippen LogP contribution in [-0.2, 0) is 19.3 Å². The summed E-state index contributed by atoms with van der Waals surface area (Å²) in [6, 6.07) is 10.8. The normalized spacial score (nSPS) is 12.0. The van der Waals surface area contributed by atoms with Crippen molar-refractivity contribution in [3.05, 3.63) is 65.5 Å². The molecule has 1 aromatic heterocycles. The van der Waals surface area contributed by atoms with Crippen LogP contribution in [0.1, 0.15) is 17.0 Å². The number of nitrogens with zero attached hydrogens (tertiary/aromatic N) is 5. The lowest BCUT2D eigenvalue weighted by Gasteiger charge is -2.17. The van der Waals surface area contributed by atoms with Crippen molar-refractivity contribution in [3.8, 4) is 11.4 Å². The molecule has 0 amide bonds. The summed E-state index contributed by atoms with van der Waals surface area (Å²) >= 11 is 0. The monoisotopic (exact) mass is 413 g/mol. The lowest BCUT2D eigenvalue weighted by atomic mass is 10.2. The van der Waals surface area contributed by atoms with Crippen LogP contribution in [0.3, 0.4) is 0 Å². The van der Waals surface area contributed by atoms with E-state index in [1.807, 2.05) is 4.90 Å². The van der Waals surface area contributed by atoms with E-state index in [1.54, 1.807) is 19.2 Å². The number of rotatable bonds is 7. The van der Waals surface area contributed by atoms with Gasteiger partial charge in [0.1, 0.15) is 5.75 Å². The highest BCUT2D eigenvalue weighted by Crippen LogP contribution is 2.29. The van der Waals surface area contributed by atoms with Gasteiger partial charge in [-0.2, -0.15) is 26.6 Å². The van der Waals surface area contributed by atoms with Crippen molar-refractivity contribution in [2.45, 2.75) is 25.9 Å². The Hall–Kier alpha value is -3.08. The van der Waals surface area contributed by atoms with E-state index in [0.29, 0.717) is 18.1 Å². The van der Waals surface area contributed by atoms with Gasteiger partial charge in [-0.05, 0) is 59.4 Å². The van der Waals surface area contributed by atoms with Crippen LogP contribution < -0.4 is 4.74 Å². The zero-order valence-electron chi connectivity index (χ0n) is 15.1. The molecule has 3 rings (SSSR count). The van der Waals surface area contributed by atoms with Gasteiger partial charge in [0.25, 0.3) is 0 Å². The molecule has 0 saturated carbocycles. The summed E-state index contributed by atoms with van der Waals surface area (Å²) in [7, 11) is 1.77. The lowest BCUT2D eigenvalue weighted by Crippen LogP contribution is -2.20. The number of aromatic nitrogens is 4. The molecule has 0 aliphatic heterocycles. The Kier molecular flexibility index (Phi) is 6.06. The summed E-state index contributed by atoms with van der Waals surface area (Å²) in [5.41, 5.74) is 0.358. The van der Waals surface area contributed by atoms with E-state index in [4.69, 9.17) is 0 Å². The fourth-order valence-corrected chi connectivity index (χ4v) is 2.73. The Bertz CT molecular complexity index is 942. The number of halogens is 5. The highest BCUT2D eigenvalue weighted by atomic mass is 19.4. The summed E-state index contributed by atoms with van der Waals surface area (Å²) < 4.78 is 68.6. The van der Waals surface area contributed by atoms with Crippen molar-refractivity contribution in [3.63, 3.8) is 0 Å². The molecule has 29 heavy (non-hydrogen) atoms. The molecule has 0 saturated heterocycles. The average molecular weight is 413 g/mol. The standard InChI is InChI=1S/C18H16F5N5O/c1-27(10-12-3-2-4-15(9-12)29-17(19)20)11-16-24-25-26-28(16)14-7-5-13(6-8-14)18(21,22)23/h2-9,17H,10-11H2,1H3. The number of hydrogen-bond donors (Lipinski definition) is 0. The van der Waals surface area contributed by atoms with Gasteiger partial charge in [0.2, 0.25) is 0 Å². The fraction of sp³-hybridized carbons (Fsp3) is 0.278. The summed E-state index contributed by atoms with van der Waals surface area (Å²) in [6.07, 6.45) is -4.43. The number of ether oxygens (including phenoxy) is 1. The number of alkyl halides is 5. The van der Waals surface area contributed by atoms with E-state index >= 15 is 0 Å². The predicted molar refractivity (Wildman–Crippen MR) is 92.4 cm³/mol. The van der Waals surface area contributed by atoms with Crippen molar-refractivity contribution >= 4 is 0 Å². The third-order valence-electron chi connectivity index (χ3n) is 3.96. The van der Waals surface area contributed by atoms with Crippen molar-refractivity contribution < 1.29 is 26.7 Å². The third kappa shape index (κ3) is 5.47. The van der Waals surface area contributed by atoms with Crippen LogP contribution in [-0.4, -0.2) is 38.8 Å². The molecule has 0 unspecified atom stereocenters. The van der Waals surface area contributed by atoms with Gasteiger partial charge in [0.15, 0.2) is 5.82 Å². The van der Waals surface area contributed by atoms with Crippen molar-refractivity contribution in [1.82, 2.24) is 25.1 Å². The average Bonchev–Trinajstić information content (AvgIpc) is 3.08. The molecule has 0 atom stereocenters. The molecule has 11 heteroatoms. The second-order valence-corrected chi connectivity index (χ2v) is 6.25. The first-order valence-electron chi connectivity index (χ1n) is 8.39. The summed E-state index contributed by atoms with van der Waals surface area (Å²) in [5.74, 6) is 0.465. The zero-order valence-corrected chi connectivity index (χ0v) is 15.1. The van der Waals surface area contributed by atoms with Crippen LogP contribution in [0.15, 0.2) is 48.5 Å². The molecular formula is C18H16F5N5O. The van der Waals surface area contributed by atoms with Crippen LogP contribution in [0.25, 0.3) is 5.69 Å². The minimum Gasteiger partial charge on any atom is -0.435 e. The Morgan fingerprint density at radius 2 is 1.79 bits per heavy atom. The van der Waals surface area contributed by atoms with Crippen molar-refractivity contribution in [1.29, 1.82) is 0 Å². The molecule has 0 spiro atoms. The largest absolute Gasteiger partial charge is 0.435 e. The first kappa shape index (κ1) is 20.6. The van der Waals surface area contributed by atoms with Gasteiger partial charge in [-0.1, -0.05) is 12.1 Å². The molecule has 1 heterocycles. The molecule has 0 bridgehead atoms. The van der Waals surface area contributed by atoms with Gasteiger partial charge >= 0.3 is 12.8 Å². The molecule has 0 radical (unpaired) electrons. The van der Waals surface area contributed by atoms with Gasteiger partial charge in [-0.25, -0.2) is 0 Å². The van der Waals surface area contributed by atoms with Gasteiger partial charge in [-0.3, -0.25) is 4.90 Å². The van der Waals surface area contributed by atoms with E-state index in [0.717, 1.165) is 17.7 Å². The maximum Gasteiger partial charge on any atom is 0.416 e. The van der Waals surface area contributed by atoms with Gasteiger partial charge in [0, 0.05) is 6.54 Å². The molecule has 3 aromatic rings. The molecular weight excluding hydrogens is 397 g/mol. The van der Waals surface area contributed by atoms with E-state index in [1.165, 1.54) is 28.9 Å². The highest BCUT2D eigenvalue weighted by molar-refractivity contribution is 5.35. The van der Waals surface area contributed by atoms with Crippen LogP contribution in [0, 0.1) is 0 Å². The molecule has 0 aliphatic rings. The molecule has 0 N–H and O–H groups in total.